The van der Waals surface area contributed by atoms with E-state index in [-0.39, 0.29) is 17.0 Å². The summed E-state index contributed by atoms with van der Waals surface area (Å²) in [4.78, 5) is 23.6. The molecular weight excluding hydrogens is 309 g/mol. The van der Waals surface area contributed by atoms with Crippen molar-refractivity contribution in [2.75, 3.05) is 0 Å². The molecule has 2 N–H and O–H groups in total. The van der Waals surface area contributed by atoms with Crippen molar-refractivity contribution in [3.8, 4) is 0 Å². The van der Waals surface area contributed by atoms with Gasteiger partial charge in [0.05, 0.1) is 5.41 Å². The Labute approximate surface area is 134 Å². The lowest BCUT2D eigenvalue weighted by molar-refractivity contribution is -0.142. The van der Waals surface area contributed by atoms with Gasteiger partial charge in [-0.1, -0.05) is 23.7 Å². The van der Waals surface area contributed by atoms with E-state index in [9.17, 15) is 14.0 Å². The van der Waals surface area contributed by atoms with Crippen LogP contribution in [-0.2, 0) is 15.0 Å². The number of rotatable bonds is 7. The number of carbonyl (C=O) groups is 2. The topological polar surface area (TPSA) is 66.4 Å². The van der Waals surface area contributed by atoms with Crippen molar-refractivity contribution >= 4 is 23.5 Å². The summed E-state index contributed by atoms with van der Waals surface area (Å²) in [5, 5.41) is 11.8. The van der Waals surface area contributed by atoms with Crippen LogP contribution in [0.1, 0.15) is 32.3 Å². The molecule has 0 aliphatic heterocycles. The molecule has 0 spiro atoms. The molecule has 0 aliphatic carbocycles. The Balaban J connectivity index is 2.97. The van der Waals surface area contributed by atoms with E-state index >= 15 is 0 Å². The van der Waals surface area contributed by atoms with Gasteiger partial charge in [-0.15, -0.1) is 6.58 Å². The van der Waals surface area contributed by atoms with Crippen LogP contribution in [0.15, 0.2) is 30.9 Å². The van der Waals surface area contributed by atoms with Gasteiger partial charge in [-0.25, -0.2) is 9.18 Å². The van der Waals surface area contributed by atoms with Crippen molar-refractivity contribution < 1.29 is 19.1 Å². The molecule has 1 atom stereocenters. The molecule has 0 radical (unpaired) electrons. The first-order valence-electron chi connectivity index (χ1n) is 6.80. The summed E-state index contributed by atoms with van der Waals surface area (Å²) in [6.07, 6.45) is 2.25. The maximum Gasteiger partial charge on any atom is 0.326 e. The number of allylic oxidation sites excluding steroid dienone is 1. The largest absolute Gasteiger partial charge is 0.480 e. The number of carboxylic acids is 1. The van der Waals surface area contributed by atoms with Crippen LogP contribution in [0, 0.1) is 5.82 Å². The number of amides is 1. The van der Waals surface area contributed by atoms with Gasteiger partial charge in [0.15, 0.2) is 0 Å². The Hall–Kier alpha value is -1.88. The Morgan fingerprint density at radius 3 is 2.64 bits per heavy atom. The van der Waals surface area contributed by atoms with Crippen molar-refractivity contribution in [1.82, 2.24) is 5.32 Å². The lowest BCUT2D eigenvalue weighted by Gasteiger charge is -2.26. The first-order chi connectivity index (χ1) is 10.2. The molecule has 1 rings (SSSR count). The zero-order valence-corrected chi connectivity index (χ0v) is 13.3. The third-order valence-corrected chi connectivity index (χ3v) is 3.67. The van der Waals surface area contributed by atoms with Gasteiger partial charge >= 0.3 is 5.97 Å². The number of benzene rings is 1. The highest BCUT2D eigenvalue weighted by Gasteiger charge is 2.34. The van der Waals surface area contributed by atoms with Crippen LogP contribution in [0.5, 0.6) is 0 Å². The number of halogens is 2. The smallest absolute Gasteiger partial charge is 0.326 e. The zero-order chi connectivity index (χ0) is 16.9. The highest BCUT2D eigenvalue weighted by molar-refractivity contribution is 6.30. The van der Waals surface area contributed by atoms with Gasteiger partial charge in [0.2, 0.25) is 5.91 Å². The number of carbonyl (C=O) groups excluding carboxylic acids is 1. The Morgan fingerprint density at radius 1 is 1.50 bits per heavy atom. The van der Waals surface area contributed by atoms with Crippen LogP contribution in [0.2, 0.25) is 5.02 Å². The molecule has 1 unspecified atom stereocenters. The third-order valence-electron chi connectivity index (χ3n) is 3.44. The summed E-state index contributed by atoms with van der Waals surface area (Å²) in [7, 11) is 0. The SMILES string of the molecule is C=CCCC(NC(=O)C(C)(C)c1ccc(Cl)cc1F)C(=O)O. The summed E-state index contributed by atoms with van der Waals surface area (Å²) >= 11 is 5.70. The molecule has 120 valence electrons. The number of aliphatic carboxylic acids is 1. The molecule has 6 heteroatoms. The van der Waals surface area contributed by atoms with Crippen molar-refractivity contribution in [1.29, 1.82) is 0 Å². The zero-order valence-electron chi connectivity index (χ0n) is 12.5. The van der Waals surface area contributed by atoms with Gasteiger partial charge in [0, 0.05) is 10.6 Å². The van der Waals surface area contributed by atoms with E-state index in [1.54, 1.807) is 6.08 Å². The fourth-order valence-electron chi connectivity index (χ4n) is 2.00. The first-order valence-corrected chi connectivity index (χ1v) is 7.18. The predicted molar refractivity (Wildman–Crippen MR) is 83.4 cm³/mol. The van der Waals surface area contributed by atoms with Gasteiger partial charge in [-0.05, 0) is 38.8 Å². The Morgan fingerprint density at radius 2 is 2.14 bits per heavy atom. The quantitative estimate of drug-likeness (QED) is 0.755. The molecule has 1 aromatic rings. The molecule has 0 aromatic heterocycles. The van der Waals surface area contributed by atoms with E-state index in [0.717, 1.165) is 6.07 Å². The Kier molecular flexibility index (Phi) is 6.11. The van der Waals surface area contributed by atoms with Crippen LogP contribution >= 0.6 is 11.6 Å². The molecule has 0 fully saturated rings. The molecule has 0 bridgehead atoms. The average molecular weight is 328 g/mol. The van der Waals surface area contributed by atoms with Gasteiger partial charge < -0.3 is 10.4 Å². The molecule has 0 heterocycles. The molecule has 1 aromatic carbocycles. The van der Waals surface area contributed by atoms with Crippen LogP contribution in [0.4, 0.5) is 4.39 Å². The summed E-state index contributed by atoms with van der Waals surface area (Å²) < 4.78 is 14.0. The fraction of sp³-hybridized carbons (Fsp3) is 0.375. The molecular formula is C16H19ClFNO3. The minimum Gasteiger partial charge on any atom is -0.480 e. The van der Waals surface area contributed by atoms with Gasteiger partial charge in [0.1, 0.15) is 11.9 Å². The summed E-state index contributed by atoms with van der Waals surface area (Å²) in [5.74, 6) is -2.31. The molecule has 1 amide bonds. The van der Waals surface area contributed by atoms with E-state index in [1.165, 1.54) is 26.0 Å². The van der Waals surface area contributed by atoms with Crippen LogP contribution in [0.3, 0.4) is 0 Å². The van der Waals surface area contributed by atoms with Crippen LogP contribution < -0.4 is 5.32 Å². The van der Waals surface area contributed by atoms with Crippen molar-refractivity contribution in [3.63, 3.8) is 0 Å². The maximum atomic E-state index is 14.0. The molecule has 22 heavy (non-hydrogen) atoms. The third kappa shape index (κ3) is 4.31. The Bertz CT molecular complexity index is 587. The number of nitrogens with one attached hydrogen (secondary N) is 1. The van der Waals surface area contributed by atoms with E-state index < -0.39 is 29.2 Å². The monoisotopic (exact) mass is 327 g/mol. The van der Waals surface area contributed by atoms with E-state index in [1.807, 2.05) is 0 Å². The van der Waals surface area contributed by atoms with Crippen molar-refractivity contribution in [2.45, 2.75) is 38.1 Å². The maximum absolute atomic E-state index is 14.0. The predicted octanol–water partition coefficient (Wildman–Crippen LogP) is 3.29. The van der Waals surface area contributed by atoms with Gasteiger partial charge in [-0.2, -0.15) is 0 Å². The molecule has 4 nitrogen and oxygen atoms in total. The number of carboxylic acid groups (broad SMARTS) is 1. The molecule has 0 saturated carbocycles. The van der Waals surface area contributed by atoms with Gasteiger partial charge in [-0.3, -0.25) is 4.79 Å². The van der Waals surface area contributed by atoms with E-state index in [2.05, 4.69) is 11.9 Å². The standard InChI is InChI=1S/C16H19ClFNO3/c1-4-5-6-13(14(20)21)19-15(22)16(2,3)11-8-7-10(17)9-12(11)18/h4,7-9,13H,1,5-6H2,2-3H3,(H,19,22)(H,20,21). The summed E-state index contributed by atoms with van der Waals surface area (Å²) in [6, 6.07) is 3.00. The first kappa shape index (κ1) is 18.2. The highest BCUT2D eigenvalue weighted by Crippen LogP contribution is 2.28. The van der Waals surface area contributed by atoms with E-state index in [0.29, 0.717) is 6.42 Å². The molecule has 0 saturated heterocycles. The minimum atomic E-state index is -1.23. The normalized spacial score (nSPS) is 12.5. The highest BCUT2D eigenvalue weighted by atomic mass is 35.5. The van der Waals surface area contributed by atoms with Crippen LogP contribution in [-0.4, -0.2) is 23.0 Å². The second kappa shape index (κ2) is 7.40. The van der Waals surface area contributed by atoms with Crippen molar-refractivity contribution in [2.24, 2.45) is 0 Å². The van der Waals surface area contributed by atoms with E-state index in [4.69, 9.17) is 16.7 Å². The lowest BCUT2D eigenvalue weighted by atomic mass is 9.83. The number of hydrogen-bond donors (Lipinski definition) is 2. The fourth-order valence-corrected chi connectivity index (χ4v) is 2.16. The summed E-state index contributed by atoms with van der Waals surface area (Å²) in [6.45, 7) is 6.58. The van der Waals surface area contributed by atoms with Crippen LogP contribution in [0.25, 0.3) is 0 Å². The lowest BCUT2D eigenvalue weighted by Crippen LogP contribution is -2.48. The van der Waals surface area contributed by atoms with Crippen molar-refractivity contribution in [3.05, 3.63) is 47.3 Å². The second-order valence-corrected chi connectivity index (χ2v) is 5.92. The molecule has 0 aliphatic rings. The second-order valence-electron chi connectivity index (χ2n) is 5.48. The number of hydrogen-bond acceptors (Lipinski definition) is 2. The minimum absolute atomic E-state index is 0.155. The average Bonchev–Trinajstić information content (AvgIpc) is 2.42. The van der Waals surface area contributed by atoms with Gasteiger partial charge in [0.25, 0.3) is 0 Å². The summed E-state index contributed by atoms with van der Waals surface area (Å²) in [5.41, 5.74) is -1.07.